The van der Waals surface area contributed by atoms with Crippen LogP contribution in [-0.4, -0.2) is 48.9 Å². The first-order valence-electron chi connectivity index (χ1n) is 7.24. The molecule has 3 rings (SSSR count). The molecule has 2 N–H and O–H groups in total. The van der Waals surface area contributed by atoms with Gasteiger partial charge in [0.05, 0.1) is 6.20 Å². The Bertz CT molecular complexity index is 569. The summed E-state index contributed by atoms with van der Waals surface area (Å²) < 4.78 is 27.0. The number of piperidine rings is 2. The quantitative estimate of drug-likeness (QED) is 0.849. The molecule has 2 fully saturated rings. The fourth-order valence-electron chi connectivity index (χ4n) is 3.41. The lowest BCUT2D eigenvalue weighted by atomic mass is 9.75. The number of nitrogens with one attached hydrogen (secondary N) is 2. The summed E-state index contributed by atoms with van der Waals surface area (Å²) >= 11 is 0. The third-order valence-corrected chi connectivity index (χ3v) is 6.24. The van der Waals surface area contributed by atoms with Gasteiger partial charge >= 0.3 is 0 Å². The van der Waals surface area contributed by atoms with Crippen LogP contribution in [0.1, 0.15) is 31.5 Å². The number of H-pyrrole nitrogens is 1. The first-order valence-corrected chi connectivity index (χ1v) is 8.68. The van der Waals surface area contributed by atoms with Gasteiger partial charge in [-0.2, -0.15) is 4.31 Å². The van der Waals surface area contributed by atoms with Gasteiger partial charge in [-0.25, -0.2) is 13.4 Å². The van der Waals surface area contributed by atoms with Gasteiger partial charge in [-0.15, -0.1) is 0 Å². The standard InChI is InChI=1S/C13H22N4O2S/c1-11-15-8-12(16-11)20(18,19)17-7-3-5-13(10-17)4-2-6-14-9-13/h8,14H,2-7,9-10H2,1H3,(H,15,16). The number of rotatable bonds is 2. The van der Waals surface area contributed by atoms with E-state index in [0.29, 0.717) is 18.9 Å². The van der Waals surface area contributed by atoms with Crippen molar-refractivity contribution in [3.8, 4) is 0 Å². The van der Waals surface area contributed by atoms with Gasteiger partial charge in [0.2, 0.25) is 0 Å². The number of hydrogen-bond acceptors (Lipinski definition) is 4. The molecule has 0 radical (unpaired) electrons. The molecule has 1 aromatic heterocycles. The number of nitrogens with zero attached hydrogens (tertiary/aromatic N) is 2. The van der Waals surface area contributed by atoms with Gasteiger partial charge in [0, 0.05) is 19.6 Å². The highest BCUT2D eigenvalue weighted by Crippen LogP contribution is 2.37. The number of sulfonamides is 1. The zero-order valence-electron chi connectivity index (χ0n) is 11.9. The van der Waals surface area contributed by atoms with Crippen molar-refractivity contribution in [3.63, 3.8) is 0 Å². The molecule has 7 heteroatoms. The molecule has 0 bridgehead atoms. The Kier molecular flexibility index (Phi) is 3.60. The van der Waals surface area contributed by atoms with Crippen LogP contribution in [0.3, 0.4) is 0 Å². The van der Waals surface area contributed by atoms with Crippen molar-refractivity contribution >= 4 is 10.0 Å². The second-order valence-electron chi connectivity index (χ2n) is 6.06. The molecule has 3 heterocycles. The van der Waals surface area contributed by atoms with E-state index in [1.165, 1.54) is 6.20 Å². The lowest BCUT2D eigenvalue weighted by Gasteiger charge is -2.44. The molecule has 0 aliphatic carbocycles. The van der Waals surface area contributed by atoms with Crippen molar-refractivity contribution in [2.24, 2.45) is 5.41 Å². The largest absolute Gasteiger partial charge is 0.332 e. The van der Waals surface area contributed by atoms with E-state index in [1.807, 2.05) is 0 Å². The third-order valence-electron chi connectivity index (χ3n) is 4.48. The van der Waals surface area contributed by atoms with Gasteiger partial charge in [-0.1, -0.05) is 0 Å². The Morgan fingerprint density at radius 2 is 2.15 bits per heavy atom. The van der Waals surface area contributed by atoms with Gasteiger partial charge < -0.3 is 10.3 Å². The maximum Gasteiger partial charge on any atom is 0.260 e. The molecule has 112 valence electrons. The number of aryl methyl sites for hydroxylation is 1. The van der Waals surface area contributed by atoms with Gasteiger partial charge in [-0.3, -0.25) is 0 Å². The van der Waals surface area contributed by atoms with E-state index >= 15 is 0 Å². The van der Waals surface area contributed by atoms with Crippen LogP contribution in [0.2, 0.25) is 0 Å². The first-order chi connectivity index (χ1) is 9.52. The van der Waals surface area contributed by atoms with Crippen LogP contribution >= 0.6 is 0 Å². The van der Waals surface area contributed by atoms with Crippen LogP contribution in [0, 0.1) is 12.3 Å². The predicted octanol–water partition coefficient (Wildman–Crippen LogP) is 0.872. The van der Waals surface area contributed by atoms with E-state index < -0.39 is 10.0 Å². The van der Waals surface area contributed by atoms with E-state index in [1.54, 1.807) is 11.2 Å². The SMILES string of the molecule is Cc1ncc(S(=O)(=O)N2CCCC3(CCCNC3)C2)[nH]1. The van der Waals surface area contributed by atoms with Crippen LogP contribution < -0.4 is 5.32 Å². The molecule has 0 saturated carbocycles. The second kappa shape index (κ2) is 5.13. The smallest absolute Gasteiger partial charge is 0.260 e. The summed E-state index contributed by atoms with van der Waals surface area (Å²) in [6, 6.07) is 0. The molecule has 0 amide bonds. The van der Waals surface area contributed by atoms with Crippen LogP contribution in [0.15, 0.2) is 11.2 Å². The van der Waals surface area contributed by atoms with Gasteiger partial charge in [0.1, 0.15) is 5.82 Å². The molecule has 2 aliphatic heterocycles. The fourth-order valence-corrected chi connectivity index (χ4v) is 4.97. The zero-order chi connectivity index (χ0) is 14.2. The summed E-state index contributed by atoms with van der Waals surface area (Å²) in [6.45, 7) is 4.99. The highest BCUT2D eigenvalue weighted by molar-refractivity contribution is 7.89. The molecule has 6 nitrogen and oxygen atoms in total. The minimum absolute atomic E-state index is 0.124. The molecule has 1 spiro atoms. The van der Waals surface area contributed by atoms with Gasteiger partial charge in [0.15, 0.2) is 5.03 Å². The van der Waals surface area contributed by atoms with Crippen LogP contribution in [-0.2, 0) is 10.0 Å². The molecule has 2 aliphatic rings. The summed E-state index contributed by atoms with van der Waals surface area (Å²) in [5, 5.41) is 3.64. The number of hydrogen-bond donors (Lipinski definition) is 2. The molecule has 1 atom stereocenters. The lowest BCUT2D eigenvalue weighted by molar-refractivity contribution is 0.110. The molecule has 20 heavy (non-hydrogen) atoms. The van der Waals surface area contributed by atoms with Crippen molar-refractivity contribution in [1.82, 2.24) is 19.6 Å². The van der Waals surface area contributed by atoms with Crippen LogP contribution in [0.4, 0.5) is 0 Å². The van der Waals surface area contributed by atoms with Crippen LogP contribution in [0.5, 0.6) is 0 Å². The maximum absolute atomic E-state index is 12.7. The Morgan fingerprint density at radius 1 is 1.35 bits per heavy atom. The number of aromatic amines is 1. The van der Waals surface area contributed by atoms with E-state index in [2.05, 4.69) is 15.3 Å². The highest BCUT2D eigenvalue weighted by atomic mass is 32.2. The van der Waals surface area contributed by atoms with Crippen molar-refractivity contribution in [3.05, 3.63) is 12.0 Å². The Morgan fingerprint density at radius 3 is 2.80 bits per heavy atom. The lowest BCUT2D eigenvalue weighted by Crippen LogP contribution is -2.52. The average molecular weight is 298 g/mol. The molecular formula is C13H22N4O2S. The van der Waals surface area contributed by atoms with Crippen molar-refractivity contribution in [1.29, 1.82) is 0 Å². The Balaban J connectivity index is 1.83. The molecule has 2 saturated heterocycles. The zero-order valence-corrected chi connectivity index (χ0v) is 12.7. The van der Waals surface area contributed by atoms with Gasteiger partial charge in [-0.05, 0) is 44.6 Å². The normalized spacial score (nSPS) is 28.9. The fraction of sp³-hybridized carbons (Fsp3) is 0.769. The number of imidazole rings is 1. The Labute approximate surface area is 120 Å². The summed E-state index contributed by atoms with van der Waals surface area (Å²) in [5.74, 6) is 0.634. The summed E-state index contributed by atoms with van der Waals surface area (Å²) in [4.78, 5) is 6.86. The monoisotopic (exact) mass is 298 g/mol. The average Bonchev–Trinajstić information content (AvgIpc) is 2.87. The van der Waals surface area contributed by atoms with Gasteiger partial charge in [0.25, 0.3) is 10.0 Å². The van der Waals surface area contributed by atoms with E-state index in [0.717, 1.165) is 38.8 Å². The molecule has 1 aromatic rings. The summed E-state index contributed by atoms with van der Waals surface area (Å²) in [7, 11) is -3.43. The van der Waals surface area contributed by atoms with E-state index in [-0.39, 0.29) is 10.4 Å². The minimum atomic E-state index is -3.43. The van der Waals surface area contributed by atoms with Crippen molar-refractivity contribution in [2.75, 3.05) is 26.2 Å². The van der Waals surface area contributed by atoms with Crippen LogP contribution in [0.25, 0.3) is 0 Å². The van der Waals surface area contributed by atoms with E-state index in [9.17, 15) is 8.42 Å². The topological polar surface area (TPSA) is 78.1 Å². The molecule has 0 aromatic carbocycles. The predicted molar refractivity (Wildman–Crippen MR) is 75.9 cm³/mol. The maximum atomic E-state index is 12.7. The van der Waals surface area contributed by atoms with Crippen molar-refractivity contribution in [2.45, 2.75) is 37.6 Å². The summed E-state index contributed by atoms with van der Waals surface area (Å²) in [6.07, 6.45) is 5.73. The summed E-state index contributed by atoms with van der Waals surface area (Å²) in [5.41, 5.74) is 0.124. The molecular weight excluding hydrogens is 276 g/mol. The minimum Gasteiger partial charge on any atom is -0.332 e. The number of aromatic nitrogens is 2. The van der Waals surface area contributed by atoms with E-state index in [4.69, 9.17) is 0 Å². The second-order valence-corrected chi connectivity index (χ2v) is 7.96. The first kappa shape index (κ1) is 14.0. The van der Waals surface area contributed by atoms with Crippen molar-refractivity contribution < 1.29 is 8.42 Å². The third kappa shape index (κ3) is 2.49. The Hall–Kier alpha value is -0.920. The molecule has 1 unspecified atom stereocenters. The highest BCUT2D eigenvalue weighted by Gasteiger charge is 2.41.